The molecule has 110 valence electrons. The van der Waals surface area contributed by atoms with Crippen LogP contribution in [0.4, 0.5) is 5.69 Å². The van der Waals surface area contributed by atoms with E-state index in [9.17, 15) is 8.42 Å². The Labute approximate surface area is 128 Å². The van der Waals surface area contributed by atoms with Crippen molar-refractivity contribution in [3.05, 3.63) is 58.6 Å². The van der Waals surface area contributed by atoms with Gasteiger partial charge in [-0.3, -0.25) is 4.72 Å². The largest absolute Gasteiger partial charge is 0.491 e. The van der Waals surface area contributed by atoms with E-state index in [0.717, 1.165) is 12.0 Å². The molecule has 2 aromatic rings. The number of anilines is 1. The van der Waals surface area contributed by atoms with Crippen molar-refractivity contribution >= 4 is 27.3 Å². The maximum Gasteiger partial charge on any atom is 0.237 e. The van der Waals surface area contributed by atoms with Crippen LogP contribution in [-0.4, -0.2) is 15.0 Å². The summed E-state index contributed by atoms with van der Waals surface area (Å²) in [7, 11) is -3.50. The summed E-state index contributed by atoms with van der Waals surface area (Å²) in [5.41, 5.74) is 2.21. The normalized spacial score (nSPS) is 13.6. The Morgan fingerprint density at radius 1 is 1.14 bits per heavy atom. The van der Waals surface area contributed by atoms with Crippen LogP contribution in [0.1, 0.15) is 11.1 Å². The summed E-state index contributed by atoms with van der Waals surface area (Å²) in [4.78, 5) is 0. The maximum atomic E-state index is 12.3. The molecule has 1 aliphatic heterocycles. The lowest BCUT2D eigenvalue weighted by Crippen LogP contribution is -2.15. The van der Waals surface area contributed by atoms with Crippen LogP contribution in [0.2, 0.25) is 5.02 Å². The van der Waals surface area contributed by atoms with Crippen LogP contribution < -0.4 is 9.46 Å². The molecule has 0 saturated heterocycles. The zero-order chi connectivity index (χ0) is 14.9. The number of nitrogens with one attached hydrogen (secondary N) is 1. The van der Waals surface area contributed by atoms with Gasteiger partial charge in [-0.15, -0.1) is 0 Å². The van der Waals surface area contributed by atoms with Crippen molar-refractivity contribution in [2.75, 3.05) is 11.3 Å². The minimum absolute atomic E-state index is 0.103. The molecule has 1 aliphatic rings. The summed E-state index contributed by atoms with van der Waals surface area (Å²) >= 11 is 5.80. The molecule has 2 aromatic carbocycles. The zero-order valence-electron chi connectivity index (χ0n) is 11.2. The van der Waals surface area contributed by atoms with Gasteiger partial charge in [0, 0.05) is 11.4 Å². The van der Waals surface area contributed by atoms with Crippen LogP contribution in [0.15, 0.2) is 42.5 Å². The van der Waals surface area contributed by atoms with Crippen LogP contribution in [0.25, 0.3) is 0 Å². The predicted molar refractivity (Wildman–Crippen MR) is 83.3 cm³/mol. The highest BCUT2D eigenvalue weighted by molar-refractivity contribution is 7.91. The molecule has 0 aromatic heterocycles. The van der Waals surface area contributed by atoms with E-state index < -0.39 is 10.0 Å². The third-order valence-electron chi connectivity index (χ3n) is 3.25. The third-order valence-corrected chi connectivity index (χ3v) is 4.75. The minimum Gasteiger partial charge on any atom is -0.491 e. The van der Waals surface area contributed by atoms with E-state index in [-0.39, 0.29) is 5.75 Å². The van der Waals surface area contributed by atoms with Crippen LogP contribution >= 0.6 is 11.6 Å². The van der Waals surface area contributed by atoms with Crippen molar-refractivity contribution in [2.24, 2.45) is 0 Å². The molecule has 1 heterocycles. The van der Waals surface area contributed by atoms with Gasteiger partial charge in [-0.1, -0.05) is 35.9 Å². The minimum atomic E-state index is -3.50. The van der Waals surface area contributed by atoms with E-state index >= 15 is 0 Å². The van der Waals surface area contributed by atoms with Gasteiger partial charge >= 0.3 is 0 Å². The molecule has 0 amide bonds. The lowest BCUT2D eigenvalue weighted by molar-refractivity contribution is 0.358. The molecule has 0 radical (unpaired) electrons. The number of para-hydroxylation sites is 1. The summed E-state index contributed by atoms with van der Waals surface area (Å²) in [6.45, 7) is 0.589. The monoisotopic (exact) mass is 323 g/mol. The van der Waals surface area contributed by atoms with Gasteiger partial charge in [0.1, 0.15) is 5.75 Å². The highest BCUT2D eigenvalue weighted by Crippen LogP contribution is 2.34. The van der Waals surface area contributed by atoms with Crippen molar-refractivity contribution in [3.63, 3.8) is 0 Å². The quantitative estimate of drug-likeness (QED) is 0.940. The third kappa shape index (κ3) is 3.31. The van der Waals surface area contributed by atoms with Gasteiger partial charge < -0.3 is 4.74 Å². The fraction of sp³-hybridized carbons (Fsp3) is 0.200. The zero-order valence-corrected chi connectivity index (χ0v) is 12.7. The second-order valence-corrected chi connectivity index (χ2v) is 7.04. The number of halogens is 1. The van der Waals surface area contributed by atoms with E-state index in [4.69, 9.17) is 16.3 Å². The molecule has 0 bridgehead atoms. The molecule has 3 rings (SSSR count). The van der Waals surface area contributed by atoms with Crippen molar-refractivity contribution in [2.45, 2.75) is 12.2 Å². The van der Waals surface area contributed by atoms with Gasteiger partial charge in [-0.2, -0.15) is 0 Å². The SMILES string of the molecule is O=S(=O)(Cc1ccc(Cl)cc1)Nc1cccc2c1OCC2. The highest BCUT2D eigenvalue weighted by atomic mass is 35.5. The molecule has 0 aliphatic carbocycles. The molecule has 6 heteroatoms. The van der Waals surface area contributed by atoms with Gasteiger partial charge in [0.15, 0.2) is 0 Å². The molecule has 4 nitrogen and oxygen atoms in total. The lowest BCUT2D eigenvalue weighted by atomic mass is 10.1. The maximum absolute atomic E-state index is 12.3. The fourth-order valence-electron chi connectivity index (χ4n) is 2.30. The average Bonchev–Trinajstić information content (AvgIpc) is 2.90. The topological polar surface area (TPSA) is 55.4 Å². The van der Waals surface area contributed by atoms with Gasteiger partial charge in [0.25, 0.3) is 0 Å². The summed E-state index contributed by atoms with van der Waals surface area (Å²) in [6, 6.07) is 12.2. The van der Waals surface area contributed by atoms with Crippen molar-refractivity contribution in [1.82, 2.24) is 0 Å². The summed E-state index contributed by atoms with van der Waals surface area (Å²) < 4.78 is 32.6. The van der Waals surface area contributed by atoms with E-state index in [1.54, 1.807) is 30.3 Å². The Hall–Kier alpha value is -1.72. The smallest absolute Gasteiger partial charge is 0.237 e. The van der Waals surface area contributed by atoms with Gasteiger partial charge in [0.2, 0.25) is 10.0 Å². The van der Waals surface area contributed by atoms with Crippen molar-refractivity contribution < 1.29 is 13.2 Å². The van der Waals surface area contributed by atoms with E-state index in [2.05, 4.69) is 4.72 Å². The van der Waals surface area contributed by atoms with Gasteiger partial charge in [0.05, 0.1) is 18.0 Å². The van der Waals surface area contributed by atoms with Crippen molar-refractivity contribution in [3.8, 4) is 5.75 Å². The lowest BCUT2D eigenvalue weighted by Gasteiger charge is -2.11. The Morgan fingerprint density at radius 2 is 1.90 bits per heavy atom. The number of fused-ring (bicyclic) bond motifs is 1. The first-order valence-electron chi connectivity index (χ1n) is 6.53. The van der Waals surface area contributed by atoms with E-state index in [1.165, 1.54) is 0 Å². The standard InChI is InChI=1S/C15H14ClNO3S/c16-13-6-4-11(5-7-13)10-21(18,19)17-14-3-1-2-12-8-9-20-15(12)14/h1-7,17H,8-10H2. The number of hydrogen-bond donors (Lipinski definition) is 1. The Balaban J connectivity index is 1.80. The molecule has 0 unspecified atom stereocenters. The van der Waals surface area contributed by atoms with Gasteiger partial charge in [-0.05, 0) is 29.3 Å². The fourth-order valence-corrected chi connectivity index (χ4v) is 3.62. The summed E-state index contributed by atoms with van der Waals surface area (Å²) in [5, 5.41) is 0.582. The number of benzene rings is 2. The molecule has 0 spiro atoms. The number of sulfonamides is 1. The first-order chi connectivity index (χ1) is 10.0. The van der Waals surface area contributed by atoms with Crippen LogP contribution in [0.5, 0.6) is 5.75 Å². The van der Waals surface area contributed by atoms with Crippen LogP contribution in [0.3, 0.4) is 0 Å². The first kappa shape index (κ1) is 14.2. The molecular weight excluding hydrogens is 310 g/mol. The number of ether oxygens (including phenoxy) is 1. The first-order valence-corrected chi connectivity index (χ1v) is 8.56. The Morgan fingerprint density at radius 3 is 2.67 bits per heavy atom. The molecule has 0 fully saturated rings. The second-order valence-electron chi connectivity index (χ2n) is 4.88. The predicted octanol–water partition coefficient (Wildman–Crippen LogP) is 3.22. The Kier molecular flexibility index (Phi) is 3.78. The van der Waals surface area contributed by atoms with E-state index in [0.29, 0.717) is 28.6 Å². The van der Waals surface area contributed by atoms with Crippen LogP contribution in [0, 0.1) is 0 Å². The molecule has 1 N–H and O–H groups in total. The molecular formula is C15H14ClNO3S. The molecule has 0 saturated carbocycles. The number of rotatable bonds is 4. The van der Waals surface area contributed by atoms with E-state index in [1.807, 2.05) is 12.1 Å². The molecule has 21 heavy (non-hydrogen) atoms. The van der Waals surface area contributed by atoms with Crippen molar-refractivity contribution in [1.29, 1.82) is 0 Å². The average molecular weight is 324 g/mol. The van der Waals surface area contributed by atoms with Crippen LogP contribution in [-0.2, 0) is 22.2 Å². The highest BCUT2D eigenvalue weighted by Gasteiger charge is 2.20. The Bertz CT molecular complexity index is 757. The summed E-state index contributed by atoms with van der Waals surface area (Å²) in [5.74, 6) is 0.533. The summed E-state index contributed by atoms with van der Waals surface area (Å²) in [6.07, 6.45) is 0.808. The second kappa shape index (κ2) is 5.58. The molecule has 0 atom stereocenters. The number of hydrogen-bond acceptors (Lipinski definition) is 3. The van der Waals surface area contributed by atoms with Gasteiger partial charge in [-0.25, -0.2) is 8.42 Å².